The summed E-state index contributed by atoms with van der Waals surface area (Å²) in [6.07, 6.45) is 12.6. The number of fused-ring (bicyclic) bond motifs is 1. The average molecular weight is 252 g/mol. The largest absolute Gasteiger partial charge is 0.375 e. The van der Waals surface area contributed by atoms with E-state index in [4.69, 9.17) is 10.5 Å². The Morgan fingerprint density at radius 3 is 2.56 bits per heavy atom. The molecular formula is C15H28N2O. The standard InChI is InChI=1S/C15H28N2O/c16-12-15(8-3-1-2-4-9-15)17-10-11-18-14-7-5-6-13(14)17/h13-14H,1-12,16H2. The van der Waals surface area contributed by atoms with E-state index in [2.05, 4.69) is 4.90 Å². The van der Waals surface area contributed by atoms with Crippen LogP contribution in [0.25, 0.3) is 0 Å². The lowest BCUT2D eigenvalue weighted by atomic mass is 9.85. The Balaban J connectivity index is 1.80. The molecule has 3 heteroatoms. The van der Waals surface area contributed by atoms with Crippen molar-refractivity contribution in [3.05, 3.63) is 0 Å². The van der Waals surface area contributed by atoms with E-state index in [0.29, 0.717) is 17.7 Å². The Hall–Kier alpha value is -0.120. The fourth-order valence-electron chi connectivity index (χ4n) is 4.51. The van der Waals surface area contributed by atoms with Gasteiger partial charge < -0.3 is 10.5 Å². The molecule has 2 atom stereocenters. The van der Waals surface area contributed by atoms with E-state index in [0.717, 1.165) is 19.7 Å². The van der Waals surface area contributed by atoms with Crippen LogP contribution in [0.2, 0.25) is 0 Å². The molecule has 3 rings (SSSR count). The monoisotopic (exact) mass is 252 g/mol. The number of rotatable bonds is 2. The van der Waals surface area contributed by atoms with Gasteiger partial charge in [0.15, 0.2) is 0 Å². The van der Waals surface area contributed by atoms with Crippen molar-refractivity contribution in [2.45, 2.75) is 75.5 Å². The van der Waals surface area contributed by atoms with E-state index in [9.17, 15) is 0 Å². The maximum atomic E-state index is 6.24. The molecule has 18 heavy (non-hydrogen) atoms. The Labute approximate surface area is 111 Å². The summed E-state index contributed by atoms with van der Waals surface area (Å²) in [6.45, 7) is 2.87. The SMILES string of the molecule is NCC1(N2CCOC3CCCC32)CCCCCC1. The molecule has 2 N–H and O–H groups in total. The third-order valence-electron chi connectivity index (χ3n) is 5.51. The van der Waals surface area contributed by atoms with Crippen molar-refractivity contribution in [1.82, 2.24) is 4.90 Å². The van der Waals surface area contributed by atoms with Gasteiger partial charge in [0.1, 0.15) is 0 Å². The molecule has 2 unspecified atom stereocenters. The van der Waals surface area contributed by atoms with Gasteiger partial charge in [-0.25, -0.2) is 0 Å². The van der Waals surface area contributed by atoms with Crippen LogP contribution >= 0.6 is 0 Å². The molecule has 2 aliphatic carbocycles. The summed E-state index contributed by atoms with van der Waals surface area (Å²) in [4.78, 5) is 2.78. The predicted octanol–water partition coefficient (Wildman–Crippen LogP) is 2.29. The summed E-state index contributed by atoms with van der Waals surface area (Å²) < 4.78 is 5.96. The van der Waals surface area contributed by atoms with Crippen molar-refractivity contribution in [2.24, 2.45) is 5.73 Å². The molecule has 3 nitrogen and oxygen atoms in total. The van der Waals surface area contributed by atoms with Crippen LogP contribution in [-0.4, -0.2) is 42.3 Å². The smallest absolute Gasteiger partial charge is 0.0731 e. The van der Waals surface area contributed by atoms with Crippen LogP contribution in [0.4, 0.5) is 0 Å². The summed E-state index contributed by atoms with van der Waals surface area (Å²) in [6, 6.07) is 0.667. The topological polar surface area (TPSA) is 38.5 Å². The Bertz CT molecular complexity index is 274. The zero-order chi connectivity index (χ0) is 12.4. The zero-order valence-corrected chi connectivity index (χ0v) is 11.6. The zero-order valence-electron chi connectivity index (χ0n) is 11.6. The molecule has 3 fully saturated rings. The van der Waals surface area contributed by atoms with Gasteiger partial charge in [-0.05, 0) is 32.1 Å². The van der Waals surface area contributed by atoms with Crippen LogP contribution in [0.3, 0.4) is 0 Å². The summed E-state index contributed by atoms with van der Waals surface area (Å²) >= 11 is 0. The van der Waals surface area contributed by atoms with Crippen molar-refractivity contribution in [3.8, 4) is 0 Å². The van der Waals surface area contributed by atoms with E-state index in [1.54, 1.807) is 0 Å². The van der Waals surface area contributed by atoms with E-state index < -0.39 is 0 Å². The van der Waals surface area contributed by atoms with Crippen LogP contribution in [0.5, 0.6) is 0 Å². The number of hydrogen-bond donors (Lipinski definition) is 1. The molecular weight excluding hydrogens is 224 g/mol. The molecule has 3 aliphatic rings. The number of nitrogens with zero attached hydrogens (tertiary/aromatic N) is 1. The van der Waals surface area contributed by atoms with E-state index in [-0.39, 0.29) is 0 Å². The first-order chi connectivity index (χ1) is 8.86. The maximum Gasteiger partial charge on any atom is 0.0731 e. The molecule has 0 amide bonds. The first-order valence-electron chi connectivity index (χ1n) is 7.94. The van der Waals surface area contributed by atoms with Gasteiger partial charge in [-0.15, -0.1) is 0 Å². The van der Waals surface area contributed by atoms with Gasteiger partial charge >= 0.3 is 0 Å². The number of ether oxygens (including phenoxy) is 1. The van der Waals surface area contributed by atoms with E-state index >= 15 is 0 Å². The van der Waals surface area contributed by atoms with Crippen molar-refractivity contribution in [3.63, 3.8) is 0 Å². The highest BCUT2D eigenvalue weighted by atomic mass is 16.5. The lowest BCUT2D eigenvalue weighted by Crippen LogP contribution is -2.62. The van der Waals surface area contributed by atoms with E-state index in [1.165, 1.54) is 57.8 Å². The average Bonchev–Trinajstić information content (AvgIpc) is 2.76. The minimum atomic E-state index is 0.299. The van der Waals surface area contributed by atoms with Gasteiger partial charge in [-0.2, -0.15) is 0 Å². The number of hydrogen-bond acceptors (Lipinski definition) is 3. The molecule has 1 heterocycles. The third-order valence-corrected chi connectivity index (χ3v) is 5.51. The molecule has 0 spiro atoms. The van der Waals surface area contributed by atoms with Crippen molar-refractivity contribution < 1.29 is 4.74 Å². The van der Waals surface area contributed by atoms with Gasteiger partial charge in [-0.1, -0.05) is 25.7 Å². The summed E-state index contributed by atoms with van der Waals surface area (Å²) in [5.41, 5.74) is 6.54. The molecule has 0 aromatic rings. The molecule has 104 valence electrons. The Morgan fingerprint density at radius 1 is 1.06 bits per heavy atom. The Morgan fingerprint density at radius 2 is 1.83 bits per heavy atom. The van der Waals surface area contributed by atoms with Crippen molar-refractivity contribution >= 4 is 0 Å². The van der Waals surface area contributed by atoms with Gasteiger partial charge in [0.05, 0.1) is 12.7 Å². The summed E-state index contributed by atoms with van der Waals surface area (Å²) in [7, 11) is 0. The van der Waals surface area contributed by atoms with Gasteiger partial charge in [0.2, 0.25) is 0 Å². The fraction of sp³-hybridized carbons (Fsp3) is 1.00. The molecule has 0 aromatic heterocycles. The van der Waals surface area contributed by atoms with Gasteiger partial charge in [-0.3, -0.25) is 4.90 Å². The minimum absolute atomic E-state index is 0.299. The van der Waals surface area contributed by atoms with Crippen molar-refractivity contribution in [2.75, 3.05) is 19.7 Å². The second-order valence-electron chi connectivity index (χ2n) is 6.44. The first-order valence-corrected chi connectivity index (χ1v) is 7.94. The fourth-order valence-corrected chi connectivity index (χ4v) is 4.51. The maximum absolute atomic E-state index is 6.24. The van der Waals surface area contributed by atoms with Crippen LogP contribution in [0.1, 0.15) is 57.8 Å². The molecule has 0 bridgehead atoms. The second kappa shape index (κ2) is 5.48. The van der Waals surface area contributed by atoms with Crippen LogP contribution < -0.4 is 5.73 Å². The highest BCUT2D eigenvalue weighted by Gasteiger charge is 2.45. The number of nitrogens with two attached hydrogens (primary N) is 1. The highest BCUT2D eigenvalue weighted by Crippen LogP contribution is 2.39. The second-order valence-corrected chi connectivity index (χ2v) is 6.44. The van der Waals surface area contributed by atoms with Gasteiger partial charge in [0.25, 0.3) is 0 Å². The lowest BCUT2D eigenvalue weighted by molar-refractivity contribution is -0.101. The molecule has 1 saturated heterocycles. The lowest BCUT2D eigenvalue weighted by Gasteiger charge is -2.50. The predicted molar refractivity (Wildman–Crippen MR) is 73.6 cm³/mol. The normalized spacial score (nSPS) is 37.2. The third kappa shape index (κ3) is 2.21. The van der Waals surface area contributed by atoms with Crippen LogP contribution in [0, 0.1) is 0 Å². The summed E-state index contributed by atoms with van der Waals surface area (Å²) in [5, 5.41) is 0. The molecule has 2 saturated carbocycles. The highest BCUT2D eigenvalue weighted by molar-refractivity contribution is 5.01. The van der Waals surface area contributed by atoms with Crippen LogP contribution in [0.15, 0.2) is 0 Å². The first kappa shape index (κ1) is 12.9. The van der Waals surface area contributed by atoms with Crippen LogP contribution in [-0.2, 0) is 4.74 Å². The summed E-state index contributed by atoms with van der Waals surface area (Å²) in [5.74, 6) is 0. The van der Waals surface area contributed by atoms with Gasteiger partial charge in [0, 0.05) is 24.7 Å². The molecule has 0 radical (unpaired) electrons. The van der Waals surface area contributed by atoms with E-state index in [1.807, 2.05) is 0 Å². The molecule has 1 aliphatic heterocycles. The quantitative estimate of drug-likeness (QED) is 0.766. The minimum Gasteiger partial charge on any atom is -0.375 e. The van der Waals surface area contributed by atoms with Crippen molar-refractivity contribution in [1.29, 1.82) is 0 Å². The Kier molecular flexibility index (Phi) is 3.92. The molecule has 0 aromatic carbocycles. The number of morpholine rings is 1.